The van der Waals surface area contributed by atoms with Crippen molar-refractivity contribution in [2.24, 2.45) is 0 Å². The number of carbonyl (C=O) groups is 3. The van der Waals surface area contributed by atoms with Crippen molar-refractivity contribution in [1.29, 1.82) is 0 Å². The van der Waals surface area contributed by atoms with Gasteiger partial charge in [0.2, 0.25) is 0 Å². The number of ether oxygens (including phenoxy) is 3. The Morgan fingerprint density at radius 3 is 2.03 bits per heavy atom. The third-order valence-corrected chi connectivity index (χ3v) is 4.83. The molecule has 7 nitrogen and oxygen atoms in total. The minimum atomic E-state index is -0.770. The van der Waals surface area contributed by atoms with E-state index >= 15 is 0 Å². The van der Waals surface area contributed by atoms with Crippen LogP contribution in [0.5, 0.6) is 0 Å². The van der Waals surface area contributed by atoms with E-state index in [9.17, 15) is 14.4 Å². The van der Waals surface area contributed by atoms with Crippen molar-refractivity contribution in [3.05, 3.63) is 89.0 Å². The summed E-state index contributed by atoms with van der Waals surface area (Å²) in [5.41, 5.74) is 7.67. The molecule has 0 spiro atoms. The van der Waals surface area contributed by atoms with Gasteiger partial charge in [-0.2, -0.15) is 0 Å². The zero-order chi connectivity index (χ0) is 24.9. The van der Waals surface area contributed by atoms with E-state index in [0.29, 0.717) is 16.8 Å². The molecular formula is C27H27NO6. The second-order valence-corrected chi connectivity index (χ2v) is 8.62. The molecule has 0 aliphatic heterocycles. The van der Waals surface area contributed by atoms with Gasteiger partial charge in [0.05, 0.1) is 23.8 Å². The molecule has 0 fully saturated rings. The van der Waals surface area contributed by atoms with Crippen LogP contribution in [0.1, 0.15) is 57.4 Å². The van der Waals surface area contributed by atoms with Gasteiger partial charge in [-0.1, -0.05) is 42.5 Å². The molecule has 3 aromatic carbocycles. The zero-order valence-corrected chi connectivity index (χ0v) is 19.6. The minimum Gasteiger partial charge on any atom is -0.465 e. The average Bonchev–Trinajstić information content (AvgIpc) is 2.81. The smallest absolute Gasteiger partial charge is 0.339 e. The Kier molecular flexibility index (Phi) is 7.36. The van der Waals surface area contributed by atoms with Crippen LogP contribution in [0.2, 0.25) is 0 Å². The van der Waals surface area contributed by atoms with Crippen molar-refractivity contribution in [2.75, 3.05) is 12.8 Å². The molecule has 176 valence electrons. The highest BCUT2D eigenvalue weighted by Gasteiger charge is 2.25. The Morgan fingerprint density at radius 2 is 1.41 bits per heavy atom. The van der Waals surface area contributed by atoms with E-state index in [0.717, 1.165) is 5.56 Å². The number of anilines is 1. The number of carbonyl (C=O) groups excluding carboxylic acids is 3. The Hall–Kier alpha value is -4.13. The Morgan fingerprint density at radius 1 is 0.794 bits per heavy atom. The number of hydrogen-bond donors (Lipinski definition) is 1. The number of rotatable bonds is 6. The lowest BCUT2D eigenvalue weighted by Crippen LogP contribution is -2.24. The van der Waals surface area contributed by atoms with Gasteiger partial charge in [0.25, 0.3) is 0 Å². The van der Waals surface area contributed by atoms with Crippen LogP contribution in [0.15, 0.2) is 66.7 Å². The van der Waals surface area contributed by atoms with Gasteiger partial charge in [-0.05, 0) is 61.7 Å². The second-order valence-electron chi connectivity index (χ2n) is 8.62. The molecular weight excluding hydrogens is 434 g/mol. The van der Waals surface area contributed by atoms with Crippen LogP contribution < -0.4 is 5.73 Å². The monoisotopic (exact) mass is 461 g/mol. The number of esters is 3. The molecule has 0 radical (unpaired) electrons. The van der Waals surface area contributed by atoms with Crippen LogP contribution in [0.25, 0.3) is 11.1 Å². The number of nitrogens with two attached hydrogens (primary N) is 1. The van der Waals surface area contributed by atoms with Gasteiger partial charge in [-0.3, -0.25) is 0 Å². The molecule has 0 atom stereocenters. The highest BCUT2D eigenvalue weighted by Crippen LogP contribution is 2.32. The first-order valence-electron chi connectivity index (χ1n) is 10.7. The molecule has 0 bridgehead atoms. The highest BCUT2D eigenvalue weighted by atomic mass is 16.6. The lowest BCUT2D eigenvalue weighted by atomic mass is 9.93. The van der Waals surface area contributed by atoms with Crippen molar-refractivity contribution in [3.8, 4) is 11.1 Å². The predicted octanol–water partition coefficient (Wildman–Crippen LogP) is 5.03. The Labute approximate surface area is 198 Å². The van der Waals surface area contributed by atoms with Gasteiger partial charge in [0.1, 0.15) is 12.2 Å². The van der Waals surface area contributed by atoms with E-state index in [2.05, 4.69) is 0 Å². The molecule has 0 aliphatic rings. The molecule has 0 saturated heterocycles. The summed E-state index contributed by atoms with van der Waals surface area (Å²) in [6.07, 6.45) is 0. The summed E-state index contributed by atoms with van der Waals surface area (Å²) in [7, 11) is 1.25. The molecule has 0 aromatic heterocycles. The zero-order valence-electron chi connectivity index (χ0n) is 19.6. The highest BCUT2D eigenvalue weighted by molar-refractivity contribution is 6.05. The third-order valence-electron chi connectivity index (χ3n) is 4.83. The number of methoxy groups -OCH3 is 1. The second kappa shape index (κ2) is 10.2. The fourth-order valence-corrected chi connectivity index (χ4v) is 3.29. The van der Waals surface area contributed by atoms with Crippen LogP contribution in [0.4, 0.5) is 5.69 Å². The first-order chi connectivity index (χ1) is 16.1. The van der Waals surface area contributed by atoms with Crippen molar-refractivity contribution in [1.82, 2.24) is 0 Å². The van der Waals surface area contributed by atoms with Crippen molar-refractivity contribution >= 4 is 23.6 Å². The first-order valence-corrected chi connectivity index (χ1v) is 10.7. The van der Waals surface area contributed by atoms with E-state index < -0.39 is 23.5 Å². The molecule has 0 unspecified atom stereocenters. The van der Waals surface area contributed by atoms with Crippen molar-refractivity contribution in [3.63, 3.8) is 0 Å². The molecule has 3 aromatic rings. The standard InChI is InChI=1S/C27H27NO6/c1-27(2,3)34-26(31)22-14-18(24(29)32-4)10-12-20(22)21-13-11-19(28)15-23(21)25(30)33-16-17-8-6-5-7-9-17/h5-15H,16,28H2,1-4H3. The Balaban J connectivity index is 2.06. The summed E-state index contributed by atoms with van der Waals surface area (Å²) in [5, 5.41) is 0. The molecule has 7 heteroatoms. The van der Waals surface area contributed by atoms with E-state index in [1.54, 1.807) is 39.0 Å². The first kappa shape index (κ1) is 24.5. The summed E-state index contributed by atoms with van der Waals surface area (Å²) in [6, 6.07) is 18.5. The van der Waals surface area contributed by atoms with Gasteiger partial charge >= 0.3 is 17.9 Å². The number of benzene rings is 3. The fraction of sp³-hybridized carbons (Fsp3) is 0.222. The number of nitrogen functional groups attached to an aromatic ring is 1. The maximum absolute atomic E-state index is 13.1. The molecule has 2 N–H and O–H groups in total. The predicted molar refractivity (Wildman–Crippen MR) is 128 cm³/mol. The molecule has 3 rings (SSSR count). The van der Waals surface area contributed by atoms with Gasteiger partial charge in [-0.25, -0.2) is 14.4 Å². The quantitative estimate of drug-likeness (QED) is 0.312. The Bertz CT molecular complexity index is 1210. The summed E-state index contributed by atoms with van der Waals surface area (Å²) < 4.78 is 15.8. The maximum Gasteiger partial charge on any atom is 0.339 e. The van der Waals surface area contributed by atoms with Crippen molar-refractivity contribution in [2.45, 2.75) is 33.0 Å². The SMILES string of the molecule is COC(=O)c1ccc(-c2ccc(N)cc2C(=O)OCc2ccccc2)c(C(=O)OC(C)(C)C)c1. The lowest BCUT2D eigenvalue weighted by Gasteiger charge is -2.21. The van der Waals surface area contributed by atoms with Crippen molar-refractivity contribution < 1.29 is 28.6 Å². The topological polar surface area (TPSA) is 105 Å². The van der Waals surface area contributed by atoms with E-state index in [-0.39, 0.29) is 23.3 Å². The minimum absolute atomic E-state index is 0.0775. The largest absolute Gasteiger partial charge is 0.465 e. The molecule has 0 heterocycles. The molecule has 0 amide bonds. The average molecular weight is 462 g/mol. The molecule has 0 aliphatic carbocycles. The van der Waals surface area contributed by atoms with Crippen LogP contribution in [0.3, 0.4) is 0 Å². The van der Waals surface area contributed by atoms with E-state index in [4.69, 9.17) is 19.9 Å². The molecule has 34 heavy (non-hydrogen) atoms. The van der Waals surface area contributed by atoms with Crippen LogP contribution in [-0.2, 0) is 20.8 Å². The summed E-state index contributed by atoms with van der Waals surface area (Å²) in [6.45, 7) is 5.30. The molecule has 0 saturated carbocycles. The van der Waals surface area contributed by atoms with Gasteiger partial charge in [0, 0.05) is 5.69 Å². The van der Waals surface area contributed by atoms with Crippen LogP contribution >= 0.6 is 0 Å². The maximum atomic E-state index is 13.1. The van der Waals surface area contributed by atoms with E-state index in [1.165, 1.54) is 25.3 Å². The lowest BCUT2D eigenvalue weighted by molar-refractivity contribution is 0.00700. The summed E-state index contributed by atoms with van der Waals surface area (Å²) in [4.78, 5) is 38.2. The van der Waals surface area contributed by atoms with Crippen LogP contribution in [0, 0.1) is 0 Å². The third kappa shape index (κ3) is 6.01. The normalized spacial score (nSPS) is 10.9. The summed E-state index contributed by atoms with van der Waals surface area (Å²) in [5.74, 6) is -1.84. The number of hydrogen-bond acceptors (Lipinski definition) is 7. The van der Waals surface area contributed by atoms with Gasteiger partial charge < -0.3 is 19.9 Å². The summed E-state index contributed by atoms with van der Waals surface area (Å²) >= 11 is 0. The van der Waals surface area contributed by atoms with E-state index in [1.807, 2.05) is 30.3 Å². The fourth-order valence-electron chi connectivity index (χ4n) is 3.29. The van der Waals surface area contributed by atoms with Gasteiger partial charge in [-0.15, -0.1) is 0 Å². The van der Waals surface area contributed by atoms with Crippen LogP contribution in [-0.4, -0.2) is 30.6 Å². The van der Waals surface area contributed by atoms with Gasteiger partial charge in [0.15, 0.2) is 0 Å².